The third-order valence-corrected chi connectivity index (χ3v) is 4.18. The van der Waals surface area contributed by atoms with Crippen LogP contribution in [0, 0.1) is 5.92 Å². The van der Waals surface area contributed by atoms with E-state index in [2.05, 4.69) is 15.6 Å². The smallest absolute Gasteiger partial charge is 0.226 e. The highest BCUT2D eigenvalue weighted by Crippen LogP contribution is 2.27. The lowest BCUT2D eigenvalue weighted by Crippen LogP contribution is -2.17. The fraction of sp³-hybridized carbons (Fsp3) is 0.286. The number of amides is 1. The molecule has 1 amide bonds. The number of rotatable bonds is 5. The Balaban J connectivity index is 2.06. The number of benzene rings is 1. The Labute approximate surface area is 137 Å². The third-order valence-electron chi connectivity index (χ3n) is 2.74. The number of carbonyl (C=O) groups is 1. The minimum absolute atomic E-state index is 0.0301. The van der Waals surface area contributed by atoms with E-state index >= 15 is 0 Å². The Bertz CT molecular complexity index is 643. The van der Waals surface area contributed by atoms with Crippen LogP contribution in [0.4, 0.5) is 11.4 Å². The van der Waals surface area contributed by atoms with E-state index in [4.69, 9.17) is 23.2 Å². The van der Waals surface area contributed by atoms with Gasteiger partial charge in [-0.05, 0) is 18.2 Å². The van der Waals surface area contributed by atoms with E-state index in [1.54, 1.807) is 18.3 Å². The highest BCUT2D eigenvalue weighted by Gasteiger charge is 2.09. The predicted octanol–water partition coefficient (Wildman–Crippen LogP) is 4.66. The van der Waals surface area contributed by atoms with Gasteiger partial charge < -0.3 is 10.6 Å². The van der Waals surface area contributed by atoms with E-state index in [-0.39, 0.29) is 11.8 Å². The van der Waals surface area contributed by atoms with E-state index in [0.29, 0.717) is 21.7 Å². The predicted molar refractivity (Wildman–Crippen MR) is 89.4 cm³/mol. The van der Waals surface area contributed by atoms with Crippen molar-refractivity contribution in [3.05, 3.63) is 38.8 Å². The van der Waals surface area contributed by atoms with E-state index in [0.717, 1.165) is 10.6 Å². The van der Waals surface area contributed by atoms with E-state index in [9.17, 15) is 4.79 Å². The van der Waals surface area contributed by atoms with Gasteiger partial charge in [0.05, 0.1) is 17.3 Å². The number of anilines is 2. The van der Waals surface area contributed by atoms with Crippen LogP contribution in [0.3, 0.4) is 0 Å². The van der Waals surface area contributed by atoms with Crippen LogP contribution in [0.2, 0.25) is 9.49 Å². The first kappa shape index (κ1) is 16.1. The maximum atomic E-state index is 11.7. The zero-order valence-electron chi connectivity index (χ0n) is 11.6. The summed E-state index contributed by atoms with van der Waals surface area (Å²) in [5, 5.41) is 6.65. The Morgan fingerprint density at radius 1 is 1.38 bits per heavy atom. The number of thiazole rings is 1. The second-order valence-electron chi connectivity index (χ2n) is 4.77. The average molecular weight is 344 g/mol. The fourth-order valence-corrected chi connectivity index (χ4v) is 2.67. The lowest BCUT2D eigenvalue weighted by molar-refractivity contribution is -0.118. The van der Waals surface area contributed by atoms with Crippen LogP contribution < -0.4 is 10.6 Å². The minimum Gasteiger partial charge on any atom is -0.379 e. The van der Waals surface area contributed by atoms with Gasteiger partial charge in [0.25, 0.3) is 0 Å². The monoisotopic (exact) mass is 343 g/mol. The topological polar surface area (TPSA) is 54.0 Å². The summed E-state index contributed by atoms with van der Waals surface area (Å²) < 4.78 is 0.510. The lowest BCUT2D eigenvalue weighted by atomic mass is 10.2. The van der Waals surface area contributed by atoms with Crippen molar-refractivity contribution in [3.63, 3.8) is 0 Å². The molecule has 0 aliphatic carbocycles. The summed E-state index contributed by atoms with van der Waals surface area (Å²) in [7, 11) is 0. The normalized spacial score (nSPS) is 10.7. The van der Waals surface area contributed by atoms with Gasteiger partial charge in [-0.1, -0.05) is 37.0 Å². The van der Waals surface area contributed by atoms with E-state index in [1.165, 1.54) is 11.3 Å². The average Bonchev–Trinajstić information content (AvgIpc) is 2.85. The van der Waals surface area contributed by atoms with Crippen LogP contribution in [0.5, 0.6) is 0 Å². The standard InChI is InChI=1S/C14H15Cl2N3OS/c1-8(2)13(20)19-9-3-4-11(15)12(5-9)17-6-10-7-18-14(16)21-10/h3-5,7-8,17H,6H2,1-2H3,(H,19,20). The molecule has 112 valence electrons. The fourth-order valence-electron chi connectivity index (χ4n) is 1.57. The van der Waals surface area contributed by atoms with Crippen molar-refractivity contribution >= 4 is 51.8 Å². The number of halogens is 2. The zero-order chi connectivity index (χ0) is 15.4. The van der Waals surface area contributed by atoms with Gasteiger partial charge in [0.2, 0.25) is 5.91 Å². The van der Waals surface area contributed by atoms with Crippen LogP contribution in [0.25, 0.3) is 0 Å². The highest BCUT2D eigenvalue weighted by atomic mass is 35.5. The molecular weight excluding hydrogens is 329 g/mol. The molecule has 4 nitrogen and oxygen atoms in total. The van der Waals surface area contributed by atoms with Gasteiger partial charge in [-0.15, -0.1) is 11.3 Å². The first-order valence-corrected chi connectivity index (χ1v) is 7.97. The van der Waals surface area contributed by atoms with Crippen LogP contribution in [0.1, 0.15) is 18.7 Å². The molecule has 0 unspecified atom stereocenters. The second kappa shape index (κ2) is 7.11. The van der Waals surface area contributed by atoms with Gasteiger partial charge in [-0.25, -0.2) is 4.98 Å². The maximum absolute atomic E-state index is 11.7. The van der Waals surface area contributed by atoms with Gasteiger partial charge in [0, 0.05) is 22.7 Å². The molecule has 1 aromatic carbocycles. The summed E-state index contributed by atoms with van der Waals surface area (Å²) in [6, 6.07) is 5.34. The third kappa shape index (κ3) is 4.59. The Kier molecular flexibility index (Phi) is 5.45. The van der Waals surface area contributed by atoms with Gasteiger partial charge in [0.15, 0.2) is 4.47 Å². The van der Waals surface area contributed by atoms with Crippen LogP contribution in [-0.4, -0.2) is 10.9 Å². The van der Waals surface area contributed by atoms with Gasteiger partial charge in [-0.3, -0.25) is 4.79 Å². The first-order chi connectivity index (χ1) is 9.95. The van der Waals surface area contributed by atoms with Crippen molar-refractivity contribution in [2.24, 2.45) is 5.92 Å². The summed E-state index contributed by atoms with van der Waals surface area (Å²) in [5.74, 6) is -0.103. The Morgan fingerprint density at radius 2 is 2.14 bits per heavy atom. The molecule has 0 aliphatic heterocycles. The van der Waals surface area contributed by atoms with Crippen molar-refractivity contribution in [3.8, 4) is 0 Å². The molecule has 1 aromatic heterocycles. The molecule has 0 saturated carbocycles. The Morgan fingerprint density at radius 3 is 2.76 bits per heavy atom. The molecule has 0 atom stereocenters. The number of nitrogens with one attached hydrogen (secondary N) is 2. The molecule has 0 saturated heterocycles. The molecule has 2 N–H and O–H groups in total. The highest BCUT2D eigenvalue weighted by molar-refractivity contribution is 7.15. The molecule has 0 spiro atoms. The van der Waals surface area contributed by atoms with Crippen LogP contribution in [0.15, 0.2) is 24.4 Å². The molecule has 1 heterocycles. The number of nitrogens with zero attached hydrogens (tertiary/aromatic N) is 1. The van der Waals surface area contributed by atoms with Gasteiger partial charge in [0.1, 0.15) is 0 Å². The number of hydrogen-bond acceptors (Lipinski definition) is 4. The summed E-state index contributed by atoms with van der Waals surface area (Å²) in [4.78, 5) is 16.7. The minimum atomic E-state index is -0.0728. The molecule has 0 bridgehead atoms. The van der Waals surface area contributed by atoms with Crippen molar-refractivity contribution in [2.45, 2.75) is 20.4 Å². The number of hydrogen-bond donors (Lipinski definition) is 2. The summed E-state index contributed by atoms with van der Waals surface area (Å²) in [5.41, 5.74) is 1.46. The molecule has 0 radical (unpaired) electrons. The van der Waals surface area contributed by atoms with Crippen LogP contribution in [-0.2, 0) is 11.3 Å². The van der Waals surface area contributed by atoms with Gasteiger partial charge in [-0.2, -0.15) is 0 Å². The summed E-state index contributed by atoms with van der Waals surface area (Å²) in [6.45, 7) is 4.27. The summed E-state index contributed by atoms with van der Waals surface area (Å²) in [6.07, 6.45) is 1.72. The first-order valence-electron chi connectivity index (χ1n) is 6.40. The SMILES string of the molecule is CC(C)C(=O)Nc1ccc(Cl)c(NCc2cnc(Cl)s2)c1. The second-order valence-corrected chi connectivity index (χ2v) is 6.88. The largest absolute Gasteiger partial charge is 0.379 e. The van der Waals surface area contributed by atoms with Crippen molar-refractivity contribution in [1.29, 1.82) is 0 Å². The van der Waals surface area contributed by atoms with Crippen molar-refractivity contribution in [1.82, 2.24) is 4.98 Å². The van der Waals surface area contributed by atoms with Crippen LogP contribution >= 0.6 is 34.5 Å². The molecule has 21 heavy (non-hydrogen) atoms. The van der Waals surface area contributed by atoms with Crippen molar-refractivity contribution in [2.75, 3.05) is 10.6 Å². The van der Waals surface area contributed by atoms with E-state index in [1.807, 2.05) is 19.9 Å². The molecular formula is C14H15Cl2N3OS. The number of aromatic nitrogens is 1. The molecule has 0 fully saturated rings. The molecule has 0 aliphatic rings. The lowest BCUT2D eigenvalue weighted by Gasteiger charge is -2.12. The zero-order valence-corrected chi connectivity index (χ0v) is 13.9. The van der Waals surface area contributed by atoms with E-state index < -0.39 is 0 Å². The molecule has 2 rings (SSSR count). The Hall–Kier alpha value is -1.30. The molecule has 2 aromatic rings. The van der Waals surface area contributed by atoms with Gasteiger partial charge >= 0.3 is 0 Å². The quantitative estimate of drug-likeness (QED) is 0.830. The summed E-state index contributed by atoms with van der Waals surface area (Å²) >= 11 is 13.4. The molecule has 7 heteroatoms. The number of carbonyl (C=O) groups excluding carboxylic acids is 1. The maximum Gasteiger partial charge on any atom is 0.226 e. The van der Waals surface area contributed by atoms with Crippen molar-refractivity contribution < 1.29 is 4.79 Å².